The zero-order valence-electron chi connectivity index (χ0n) is 64.1. The summed E-state index contributed by atoms with van der Waals surface area (Å²) >= 11 is 3.41. The van der Waals surface area contributed by atoms with Gasteiger partial charge in [0.2, 0.25) is 23.8 Å². The summed E-state index contributed by atoms with van der Waals surface area (Å²) < 4.78 is 90.5. The van der Waals surface area contributed by atoms with Crippen molar-refractivity contribution >= 4 is 61.8 Å². The Labute approximate surface area is 665 Å². The van der Waals surface area contributed by atoms with Gasteiger partial charge >= 0.3 is 5.97 Å². The Morgan fingerprint density at radius 2 is 0.947 bits per heavy atom. The van der Waals surface area contributed by atoms with Gasteiger partial charge in [-0.05, 0) is 124 Å². The van der Waals surface area contributed by atoms with Crippen molar-refractivity contribution in [2.24, 2.45) is 0 Å². The van der Waals surface area contributed by atoms with Crippen molar-refractivity contribution in [2.45, 2.75) is 90.2 Å². The first-order valence-corrected chi connectivity index (χ1v) is 36.6. The van der Waals surface area contributed by atoms with Crippen LogP contribution in [-0.4, -0.2) is 154 Å². The van der Waals surface area contributed by atoms with Gasteiger partial charge in [0, 0.05) is 143 Å². The highest BCUT2D eigenvalue weighted by molar-refractivity contribution is 9.10. The maximum Gasteiger partial charge on any atom is 0.317 e. The van der Waals surface area contributed by atoms with E-state index in [1.54, 1.807) is 109 Å². The van der Waals surface area contributed by atoms with Gasteiger partial charge in [0.1, 0.15) is 100 Å². The molecule has 3 fully saturated rings. The van der Waals surface area contributed by atoms with Crippen LogP contribution in [0, 0.1) is 38.6 Å². The highest BCUT2D eigenvalue weighted by atomic mass is 79.9. The van der Waals surface area contributed by atoms with Gasteiger partial charge < -0.3 is 75.8 Å². The Morgan fingerprint density at radius 3 is 1.31 bits per heavy atom. The van der Waals surface area contributed by atoms with E-state index in [4.69, 9.17) is 73.7 Å². The predicted octanol–water partition coefficient (Wildman–Crippen LogP) is 13.9. The lowest BCUT2D eigenvalue weighted by Gasteiger charge is -2.23. The molecule has 11 aromatic rings. The highest BCUT2D eigenvalue weighted by Crippen LogP contribution is 2.42. The number of ether oxygens (including phenoxy) is 10. The lowest BCUT2D eigenvalue weighted by Crippen LogP contribution is -2.33. The van der Waals surface area contributed by atoms with Crippen molar-refractivity contribution in [3.63, 3.8) is 0 Å². The lowest BCUT2D eigenvalue weighted by molar-refractivity contribution is -0.909. The maximum absolute atomic E-state index is 14.4. The first-order valence-electron chi connectivity index (χ1n) is 35.8. The molecule has 0 bridgehead atoms. The number of methoxy groups -OCH3 is 3. The number of nitrogen functional groups attached to an aromatic ring is 3. The third-order valence-electron chi connectivity index (χ3n) is 17.9. The Morgan fingerprint density at radius 1 is 0.570 bits per heavy atom. The van der Waals surface area contributed by atoms with Crippen LogP contribution >= 0.6 is 15.9 Å². The van der Waals surface area contributed by atoms with E-state index < -0.39 is 24.1 Å². The van der Waals surface area contributed by atoms with Crippen LogP contribution in [0.15, 0.2) is 157 Å². The molecule has 114 heavy (non-hydrogen) atoms. The molecule has 6 aromatic heterocycles. The number of aromatic nitrogens is 10. The van der Waals surface area contributed by atoms with Crippen molar-refractivity contribution in [3.05, 3.63) is 214 Å². The molecule has 0 amide bonds. The SMILES string of the molecule is CN(C)CC(=O)O.COC(OC)OC.Cc1ccc(COc2cc(F)cc(Oc3ccc(-c4nn(C5CCOCC5)c5ncnc(N)c45)cc3)c2)c[n+]1O.N.[C-]#[N+]c1c(-c2ccc(Br)cc2)nn(C2CCOCC2)c1N.[C-]#[N+]c1c(-c2ccc(Oc3cc(F)cc(OCc4ccc(C)[n+](O)c4)c3)cc2)nn(C2CCOCC2)c1N. The minimum atomic E-state index is -0.787. The Balaban J connectivity index is 0.000000185. The van der Waals surface area contributed by atoms with E-state index in [0.717, 1.165) is 80.3 Å². The molecule has 0 atom stereocenters. The summed E-state index contributed by atoms with van der Waals surface area (Å²) in [6, 6.07) is 38.0. The summed E-state index contributed by atoms with van der Waals surface area (Å²) in [7, 11) is 7.97. The van der Waals surface area contributed by atoms with Crippen LogP contribution < -0.4 is 51.8 Å². The number of pyridine rings is 2. The number of hydrogen-bond donors (Lipinski definition) is 7. The number of anilines is 3. The highest BCUT2D eigenvalue weighted by Gasteiger charge is 2.28. The van der Waals surface area contributed by atoms with Gasteiger partial charge in [-0.2, -0.15) is 15.3 Å². The van der Waals surface area contributed by atoms with Gasteiger partial charge in [-0.3, -0.25) is 29.5 Å². The number of fused-ring (bicyclic) bond motifs is 1. The fourth-order valence-electron chi connectivity index (χ4n) is 12.2. The van der Waals surface area contributed by atoms with Crippen LogP contribution in [0.3, 0.4) is 0 Å². The molecule has 31 nitrogen and oxygen atoms in total. The first kappa shape index (κ1) is 86.0. The maximum atomic E-state index is 14.4. The van der Waals surface area contributed by atoms with Crippen molar-refractivity contribution in [1.29, 1.82) is 0 Å². The van der Waals surface area contributed by atoms with Gasteiger partial charge in [0.15, 0.2) is 5.65 Å². The number of likely N-dealkylation sites (N-methyl/N-ethyl adjacent to an activating group) is 1. The number of aliphatic carboxylic acids is 1. The second-order valence-electron chi connectivity index (χ2n) is 26.3. The van der Waals surface area contributed by atoms with Gasteiger partial charge in [0.25, 0.3) is 17.9 Å². The molecule has 0 spiro atoms. The monoisotopic (exact) mass is 1630 g/mol. The van der Waals surface area contributed by atoms with Crippen LogP contribution in [0.5, 0.6) is 34.5 Å². The molecule has 14 rings (SSSR count). The van der Waals surface area contributed by atoms with Gasteiger partial charge in [-0.15, -0.1) is 0 Å². The van der Waals surface area contributed by atoms with Crippen molar-refractivity contribution in [2.75, 3.05) is 98.8 Å². The number of carboxylic acids is 1. The van der Waals surface area contributed by atoms with Crippen molar-refractivity contribution in [1.82, 2.24) is 50.4 Å². The average molecular weight is 1630 g/mol. The molecular weight excluding hydrogens is 1540 g/mol. The predicted molar refractivity (Wildman–Crippen MR) is 422 cm³/mol. The number of hydrogen-bond acceptors (Lipinski definition) is 23. The molecule has 12 N–H and O–H groups in total. The fraction of sp³-hybridized carbons (Fsp3) is 0.325. The number of halogens is 3. The molecule has 9 heterocycles. The summed E-state index contributed by atoms with van der Waals surface area (Å²) in [5.74, 6) is 1.52. The average Bonchev–Trinajstić information content (AvgIpc) is 1.58. The second-order valence-corrected chi connectivity index (χ2v) is 27.2. The molecule has 0 aliphatic carbocycles. The summed E-state index contributed by atoms with van der Waals surface area (Å²) in [6.07, 6.45) is 9.57. The summed E-state index contributed by atoms with van der Waals surface area (Å²) in [4.78, 5) is 27.2. The Bertz CT molecular complexity index is 5070. The Kier molecular flexibility index (Phi) is 31.3. The molecule has 34 heteroatoms. The number of rotatable bonds is 21. The summed E-state index contributed by atoms with van der Waals surface area (Å²) in [6.45, 7) is 22.5. The van der Waals surface area contributed by atoms with E-state index in [-0.39, 0.29) is 61.3 Å². The van der Waals surface area contributed by atoms with E-state index in [1.165, 1.54) is 58.1 Å². The van der Waals surface area contributed by atoms with Crippen LogP contribution in [0.25, 0.3) is 54.5 Å². The molecule has 0 radical (unpaired) electrons. The standard InChI is InChI=1S/C29H28FN6O4.C28H27FN5O4.C15H15BrN4O.C4H9NO2.C4H10O3.H3N/c1-18-2-3-19(15-35(18)37)16-39-24-12-21(30)13-25(14-24)40-23-6-4-20(5-7-23)27-26-28(31)32-17-33-29(26)36(34-27)22-8-10-38-11-9-22;1-18-3-4-19(16-33(18)35)17-37-24-13-21(29)14-25(15-24)38-23-7-5-20(6-8-23)26-27(31-2)28(30)34(32-26)22-9-11-36-12-10-22;1-18-14-13(10-2-4-11(16)5-3-10)19-20(15(14)17)12-6-8-21-9-7-12;1-5(2)3-4(6)7;1-5-4(6-2)7-3;/h2-7,12-15,17,22,37H,8-11,16H2,1H3,(H2,31,32,33);3-8,13-16,22,35H,9-12,17,30H2,1H3;2-5,12H,6-9,17H2;3H2,1-2H3,(H,6,7);4H,1-3H3;1H3/q2*+1;;;;. The third-order valence-corrected chi connectivity index (χ3v) is 18.5. The van der Waals surface area contributed by atoms with E-state index in [0.29, 0.717) is 125 Å². The zero-order valence-corrected chi connectivity index (χ0v) is 65.7. The van der Waals surface area contributed by atoms with Crippen molar-refractivity contribution in [3.8, 4) is 68.3 Å². The van der Waals surface area contributed by atoms with Crippen LogP contribution in [0.1, 0.15) is 79.2 Å². The van der Waals surface area contributed by atoms with Crippen molar-refractivity contribution < 1.29 is 85.9 Å². The molecule has 600 valence electrons. The summed E-state index contributed by atoms with van der Waals surface area (Å²) in [5.41, 5.74) is 27.3. The van der Waals surface area contributed by atoms with E-state index in [1.807, 2.05) is 53.2 Å². The molecule has 0 saturated carbocycles. The molecule has 3 aliphatic heterocycles. The smallest absolute Gasteiger partial charge is 0.317 e. The van der Waals surface area contributed by atoms with E-state index in [2.05, 4.69) is 60.0 Å². The van der Waals surface area contributed by atoms with Gasteiger partial charge in [-0.1, -0.05) is 40.2 Å². The molecule has 3 aliphatic rings. The Hall–Kier alpha value is -12.0. The fourth-order valence-corrected chi connectivity index (χ4v) is 12.4. The summed E-state index contributed by atoms with van der Waals surface area (Å²) in [5, 5.41) is 42.5. The largest absolute Gasteiger partial charge is 0.488 e. The number of carboxylic acid groups (broad SMARTS) is 1. The number of benzene rings is 5. The molecule has 3 saturated heterocycles. The molecule has 5 aromatic carbocycles. The van der Waals surface area contributed by atoms with E-state index in [9.17, 15) is 24.0 Å². The number of aryl methyl sites for hydroxylation is 2. The van der Waals surface area contributed by atoms with Crippen LogP contribution in [0.4, 0.5) is 37.6 Å². The third kappa shape index (κ3) is 23.1. The topological polar surface area (TPSA) is 382 Å². The van der Waals surface area contributed by atoms with Gasteiger partial charge in [0.05, 0.1) is 54.3 Å². The minimum Gasteiger partial charge on any atom is -0.488 e. The number of nitrogens with zero attached hydrogens (tertiary/aromatic N) is 13. The van der Waals surface area contributed by atoms with Crippen LogP contribution in [0.2, 0.25) is 0 Å². The second kappa shape index (κ2) is 41.5. The normalized spacial score (nSPS) is 13.6. The number of nitrogens with two attached hydrogens (primary N) is 3. The minimum absolute atomic E-state index is 0. The van der Waals surface area contributed by atoms with Crippen LogP contribution in [-0.2, 0) is 46.4 Å². The lowest BCUT2D eigenvalue weighted by atomic mass is 10.1. The number of carbonyl (C=O) groups is 1. The molecular formula is C80H92BrF2N17O14+2. The first-order chi connectivity index (χ1) is 54.5. The van der Waals surface area contributed by atoms with Gasteiger partial charge in [-0.25, -0.2) is 33.1 Å². The zero-order chi connectivity index (χ0) is 80.7. The van der Waals surface area contributed by atoms with E-state index >= 15 is 0 Å². The molecule has 0 unspecified atom stereocenters. The quantitative estimate of drug-likeness (QED) is 0.0152.